The summed E-state index contributed by atoms with van der Waals surface area (Å²) in [6, 6.07) is 9.22. The quantitative estimate of drug-likeness (QED) is 0.573. The van der Waals surface area contributed by atoms with Gasteiger partial charge in [0.1, 0.15) is 0 Å². The lowest BCUT2D eigenvalue weighted by Crippen LogP contribution is -2.16. The van der Waals surface area contributed by atoms with Crippen molar-refractivity contribution < 1.29 is 0 Å². The standard InChI is InChI=1S/C15H24N2/c1-5-6-7-8-15(16-2)13-9-11-14(12-10-13)17(3)4/h5,9-12,15-16H,1,6-8H2,2-4H3. The summed E-state index contributed by atoms with van der Waals surface area (Å²) in [5.74, 6) is 0. The van der Waals surface area contributed by atoms with Crippen LogP contribution in [0.25, 0.3) is 0 Å². The second-order valence-electron chi connectivity index (χ2n) is 4.55. The average Bonchev–Trinajstić information content (AvgIpc) is 2.35. The summed E-state index contributed by atoms with van der Waals surface area (Å²) in [4.78, 5) is 2.12. The number of nitrogens with one attached hydrogen (secondary N) is 1. The van der Waals surface area contributed by atoms with Crippen LogP contribution in [0.15, 0.2) is 36.9 Å². The first kappa shape index (κ1) is 13.8. The summed E-state index contributed by atoms with van der Waals surface area (Å²) < 4.78 is 0. The Morgan fingerprint density at radius 1 is 1.29 bits per heavy atom. The lowest BCUT2D eigenvalue weighted by atomic mass is 10.0. The Bertz CT molecular complexity index is 327. The molecule has 17 heavy (non-hydrogen) atoms. The Hall–Kier alpha value is -1.28. The van der Waals surface area contributed by atoms with Gasteiger partial charge < -0.3 is 10.2 Å². The maximum absolute atomic E-state index is 3.76. The predicted molar refractivity (Wildman–Crippen MR) is 76.6 cm³/mol. The van der Waals surface area contributed by atoms with Crippen molar-refractivity contribution >= 4 is 5.69 Å². The number of hydrogen-bond donors (Lipinski definition) is 1. The van der Waals surface area contributed by atoms with Crippen LogP contribution in [0.4, 0.5) is 5.69 Å². The van der Waals surface area contributed by atoms with Gasteiger partial charge in [0.25, 0.3) is 0 Å². The second kappa shape index (κ2) is 7.13. The van der Waals surface area contributed by atoms with Crippen molar-refractivity contribution in [2.45, 2.75) is 25.3 Å². The molecule has 0 heterocycles. The van der Waals surface area contributed by atoms with E-state index in [2.05, 4.69) is 55.2 Å². The molecular formula is C15H24N2. The summed E-state index contributed by atoms with van der Waals surface area (Å²) >= 11 is 0. The minimum atomic E-state index is 0.450. The third kappa shape index (κ3) is 4.23. The molecule has 2 nitrogen and oxygen atoms in total. The van der Waals surface area contributed by atoms with Crippen LogP contribution in [0, 0.1) is 0 Å². The summed E-state index contributed by atoms with van der Waals surface area (Å²) in [5.41, 5.74) is 2.61. The maximum Gasteiger partial charge on any atom is 0.0361 e. The van der Waals surface area contributed by atoms with Gasteiger partial charge in [-0.05, 0) is 44.0 Å². The molecule has 1 aromatic carbocycles. The zero-order valence-electron chi connectivity index (χ0n) is 11.2. The van der Waals surface area contributed by atoms with Gasteiger partial charge in [-0.3, -0.25) is 0 Å². The molecule has 94 valence electrons. The van der Waals surface area contributed by atoms with Gasteiger partial charge in [0.15, 0.2) is 0 Å². The van der Waals surface area contributed by atoms with Gasteiger partial charge in [0, 0.05) is 25.8 Å². The number of allylic oxidation sites excluding steroid dienone is 1. The van der Waals surface area contributed by atoms with E-state index in [1.165, 1.54) is 17.7 Å². The molecular weight excluding hydrogens is 208 g/mol. The first-order chi connectivity index (χ1) is 8.19. The topological polar surface area (TPSA) is 15.3 Å². The maximum atomic E-state index is 3.76. The lowest BCUT2D eigenvalue weighted by molar-refractivity contribution is 0.530. The Morgan fingerprint density at radius 3 is 2.41 bits per heavy atom. The largest absolute Gasteiger partial charge is 0.378 e. The van der Waals surface area contributed by atoms with Crippen molar-refractivity contribution in [3.63, 3.8) is 0 Å². The van der Waals surface area contributed by atoms with E-state index in [9.17, 15) is 0 Å². The predicted octanol–water partition coefficient (Wildman–Crippen LogP) is 3.37. The molecule has 1 unspecified atom stereocenters. The van der Waals surface area contributed by atoms with E-state index in [1.54, 1.807) is 0 Å². The molecule has 0 radical (unpaired) electrons. The first-order valence-electron chi connectivity index (χ1n) is 6.24. The van der Waals surface area contributed by atoms with E-state index >= 15 is 0 Å². The van der Waals surface area contributed by atoms with Gasteiger partial charge in [-0.1, -0.05) is 18.2 Å². The van der Waals surface area contributed by atoms with E-state index in [0.717, 1.165) is 12.8 Å². The molecule has 0 bridgehead atoms. The fourth-order valence-electron chi connectivity index (χ4n) is 1.95. The van der Waals surface area contributed by atoms with Crippen molar-refractivity contribution in [3.05, 3.63) is 42.5 Å². The number of anilines is 1. The van der Waals surface area contributed by atoms with Crippen LogP contribution in [-0.4, -0.2) is 21.1 Å². The van der Waals surface area contributed by atoms with Crippen LogP contribution in [0.2, 0.25) is 0 Å². The number of unbranched alkanes of at least 4 members (excludes halogenated alkanes) is 1. The Morgan fingerprint density at radius 2 is 1.94 bits per heavy atom. The van der Waals surface area contributed by atoms with E-state index in [-0.39, 0.29) is 0 Å². The highest BCUT2D eigenvalue weighted by atomic mass is 15.1. The van der Waals surface area contributed by atoms with Crippen molar-refractivity contribution in [2.75, 3.05) is 26.0 Å². The molecule has 1 atom stereocenters. The number of nitrogens with zero attached hydrogens (tertiary/aromatic N) is 1. The lowest BCUT2D eigenvalue weighted by Gasteiger charge is -2.18. The molecule has 0 amide bonds. The summed E-state index contributed by atoms with van der Waals surface area (Å²) in [7, 11) is 6.15. The molecule has 1 rings (SSSR count). The van der Waals surface area contributed by atoms with E-state index in [4.69, 9.17) is 0 Å². The van der Waals surface area contributed by atoms with Crippen LogP contribution >= 0.6 is 0 Å². The molecule has 1 aromatic rings. The third-order valence-corrected chi connectivity index (χ3v) is 3.06. The van der Waals surface area contributed by atoms with Crippen molar-refractivity contribution in [1.29, 1.82) is 0 Å². The highest BCUT2D eigenvalue weighted by molar-refractivity contribution is 5.46. The zero-order valence-corrected chi connectivity index (χ0v) is 11.2. The van der Waals surface area contributed by atoms with E-state index in [1.807, 2.05) is 13.1 Å². The smallest absolute Gasteiger partial charge is 0.0361 e. The Labute approximate surface area is 105 Å². The van der Waals surface area contributed by atoms with Gasteiger partial charge in [-0.25, -0.2) is 0 Å². The minimum Gasteiger partial charge on any atom is -0.378 e. The molecule has 0 aliphatic heterocycles. The average molecular weight is 232 g/mol. The summed E-state index contributed by atoms with van der Waals surface area (Å²) in [5, 5.41) is 3.38. The Kier molecular flexibility index (Phi) is 5.78. The number of hydrogen-bond acceptors (Lipinski definition) is 2. The van der Waals surface area contributed by atoms with Crippen LogP contribution in [0.5, 0.6) is 0 Å². The van der Waals surface area contributed by atoms with Crippen LogP contribution in [0.1, 0.15) is 30.9 Å². The summed E-state index contributed by atoms with van der Waals surface area (Å²) in [6.45, 7) is 3.76. The molecule has 0 aliphatic carbocycles. The molecule has 0 spiro atoms. The highest BCUT2D eigenvalue weighted by Crippen LogP contribution is 2.21. The van der Waals surface area contributed by atoms with Crippen LogP contribution in [0.3, 0.4) is 0 Å². The van der Waals surface area contributed by atoms with Gasteiger partial charge in [-0.2, -0.15) is 0 Å². The molecule has 1 N–H and O–H groups in total. The fraction of sp³-hybridized carbons (Fsp3) is 0.467. The van der Waals surface area contributed by atoms with Crippen LogP contribution < -0.4 is 10.2 Å². The first-order valence-corrected chi connectivity index (χ1v) is 6.24. The number of benzene rings is 1. The molecule has 0 saturated heterocycles. The third-order valence-electron chi connectivity index (χ3n) is 3.06. The normalized spacial score (nSPS) is 12.2. The fourth-order valence-corrected chi connectivity index (χ4v) is 1.95. The van der Waals surface area contributed by atoms with Gasteiger partial charge in [0.2, 0.25) is 0 Å². The molecule has 0 aliphatic rings. The monoisotopic (exact) mass is 232 g/mol. The van der Waals surface area contributed by atoms with Crippen LogP contribution in [-0.2, 0) is 0 Å². The SMILES string of the molecule is C=CCCCC(NC)c1ccc(N(C)C)cc1. The molecule has 0 saturated carbocycles. The number of rotatable bonds is 7. The molecule has 0 fully saturated rings. The van der Waals surface area contributed by atoms with E-state index in [0.29, 0.717) is 6.04 Å². The minimum absolute atomic E-state index is 0.450. The van der Waals surface area contributed by atoms with Gasteiger partial charge in [-0.15, -0.1) is 6.58 Å². The van der Waals surface area contributed by atoms with Gasteiger partial charge >= 0.3 is 0 Å². The van der Waals surface area contributed by atoms with Crippen molar-refractivity contribution in [1.82, 2.24) is 5.32 Å². The molecule has 0 aromatic heterocycles. The zero-order chi connectivity index (χ0) is 12.7. The molecule has 2 heteroatoms. The second-order valence-corrected chi connectivity index (χ2v) is 4.55. The van der Waals surface area contributed by atoms with Gasteiger partial charge in [0.05, 0.1) is 0 Å². The summed E-state index contributed by atoms with van der Waals surface area (Å²) in [6.07, 6.45) is 5.42. The highest BCUT2D eigenvalue weighted by Gasteiger charge is 2.08. The van der Waals surface area contributed by atoms with E-state index < -0.39 is 0 Å². The van der Waals surface area contributed by atoms with Crippen molar-refractivity contribution in [2.24, 2.45) is 0 Å². The Balaban J connectivity index is 2.64. The van der Waals surface area contributed by atoms with Crippen molar-refractivity contribution in [3.8, 4) is 0 Å².